The Morgan fingerprint density at radius 2 is 2.00 bits per heavy atom. The normalized spacial score (nSPS) is 9.31. The molecule has 5 nitrogen and oxygen atoms in total. The molecule has 0 fully saturated rings. The van der Waals surface area contributed by atoms with Crippen molar-refractivity contribution in [2.24, 2.45) is 5.84 Å². The molecule has 0 heterocycles. The average Bonchev–Trinajstić information content (AvgIpc) is 2.17. The fourth-order valence-corrected chi connectivity index (χ4v) is 0.954. The van der Waals surface area contributed by atoms with E-state index in [1.807, 2.05) is 0 Å². The van der Waals surface area contributed by atoms with Gasteiger partial charge in [-0.05, 0) is 12.1 Å². The second-order valence-corrected chi connectivity index (χ2v) is 2.69. The first-order valence-corrected chi connectivity index (χ1v) is 3.81. The lowest BCUT2D eigenvalue weighted by Gasteiger charge is -2.00. The van der Waals surface area contributed by atoms with Crippen molar-refractivity contribution in [1.29, 1.82) is 0 Å². The third-order valence-electron chi connectivity index (χ3n) is 1.47. The first-order chi connectivity index (χ1) is 6.15. The molecule has 6 heteroatoms. The maximum Gasteiger partial charge on any atom is 0.269 e. The van der Waals surface area contributed by atoms with Gasteiger partial charge >= 0.3 is 0 Å². The highest BCUT2D eigenvalue weighted by atomic mass is 32.1. The van der Waals surface area contributed by atoms with Crippen LogP contribution in [0.25, 0.3) is 0 Å². The third kappa shape index (κ3) is 2.20. The monoisotopic (exact) mass is 197 g/mol. The van der Waals surface area contributed by atoms with Crippen LogP contribution in [-0.2, 0) is 0 Å². The summed E-state index contributed by atoms with van der Waals surface area (Å²) in [7, 11) is 0. The molecule has 0 spiro atoms. The fourth-order valence-electron chi connectivity index (χ4n) is 0.818. The van der Waals surface area contributed by atoms with Crippen molar-refractivity contribution in [3.8, 4) is 0 Å². The van der Waals surface area contributed by atoms with E-state index in [-0.39, 0.29) is 5.69 Å². The summed E-state index contributed by atoms with van der Waals surface area (Å²) in [6.45, 7) is 0. The van der Waals surface area contributed by atoms with Crippen molar-refractivity contribution >= 4 is 22.9 Å². The minimum Gasteiger partial charge on any atom is -0.314 e. The summed E-state index contributed by atoms with van der Waals surface area (Å²) < 4.78 is 0. The standard InChI is InChI=1S/C7H7N3O2S/c8-9-7(13)5-1-3-6(4-2-5)10(11)12/h1-4H,8H2,(H,9,13). The second-order valence-electron chi connectivity index (χ2n) is 2.28. The zero-order valence-electron chi connectivity index (χ0n) is 6.56. The molecular weight excluding hydrogens is 190 g/mol. The summed E-state index contributed by atoms with van der Waals surface area (Å²) in [6.07, 6.45) is 0. The predicted molar refractivity (Wildman–Crippen MR) is 52.1 cm³/mol. The Bertz CT molecular complexity index is 336. The van der Waals surface area contributed by atoms with Crippen molar-refractivity contribution < 1.29 is 4.92 Å². The maximum absolute atomic E-state index is 10.3. The van der Waals surface area contributed by atoms with Gasteiger partial charge in [-0.15, -0.1) is 0 Å². The molecule has 0 radical (unpaired) electrons. The van der Waals surface area contributed by atoms with E-state index < -0.39 is 4.92 Å². The number of rotatable bonds is 2. The number of hydrogen-bond acceptors (Lipinski definition) is 4. The lowest BCUT2D eigenvalue weighted by molar-refractivity contribution is -0.384. The largest absolute Gasteiger partial charge is 0.314 e. The molecule has 1 aromatic rings. The topological polar surface area (TPSA) is 81.2 Å². The van der Waals surface area contributed by atoms with Crippen molar-refractivity contribution in [1.82, 2.24) is 5.43 Å². The summed E-state index contributed by atoms with van der Waals surface area (Å²) in [6, 6.07) is 5.83. The van der Waals surface area contributed by atoms with Gasteiger partial charge < -0.3 is 5.43 Å². The SMILES string of the molecule is NNC(=S)c1ccc([N+](=O)[O-])cc1. The Balaban J connectivity index is 2.93. The molecule has 0 saturated heterocycles. The Kier molecular flexibility index (Phi) is 2.88. The van der Waals surface area contributed by atoms with Gasteiger partial charge in [-0.2, -0.15) is 0 Å². The molecule has 0 bridgehead atoms. The van der Waals surface area contributed by atoms with Crippen LogP contribution in [0.3, 0.4) is 0 Å². The van der Waals surface area contributed by atoms with Crippen LogP contribution < -0.4 is 11.3 Å². The zero-order chi connectivity index (χ0) is 9.84. The quantitative estimate of drug-likeness (QED) is 0.316. The van der Waals surface area contributed by atoms with E-state index in [4.69, 9.17) is 18.1 Å². The molecule has 0 aliphatic rings. The molecular formula is C7H7N3O2S. The van der Waals surface area contributed by atoms with Crippen LogP contribution in [-0.4, -0.2) is 9.91 Å². The lowest BCUT2D eigenvalue weighted by Crippen LogP contribution is -2.28. The molecule has 0 aromatic heterocycles. The molecule has 3 N–H and O–H groups in total. The molecule has 1 aromatic carbocycles. The van der Waals surface area contributed by atoms with E-state index in [2.05, 4.69) is 5.43 Å². The predicted octanol–water partition coefficient (Wildman–Crippen LogP) is 0.734. The molecule has 0 saturated carbocycles. The number of nitro groups is 1. The number of nitrogens with zero attached hydrogens (tertiary/aromatic N) is 1. The number of hydrazine groups is 1. The summed E-state index contributed by atoms with van der Waals surface area (Å²) >= 11 is 4.82. The number of benzene rings is 1. The molecule has 13 heavy (non-hydrogen) atoms. The van der Waals surface area contributed by atoms with E-state index in [9.17, 15) is 10.1 Å². The van der Waals surface area contributed by atoms with E-state index in [0.717, 1.165) is 0 Å². The molecule has 68 valence electrons. The number of thiocarbonyl (C=S) groups is 1. The molecule has 0 amide bonds. The molecule has 0 aliphatic heterocycles. The van der Waals surface area contributed by atoms with Crippen LogP contribution in [0.2, 0.25) is 0 Å². The van der Waals surface area contributed by atoms with E-state index in [0.29, 0.717) is 10.6 Å². The van der Waals surface area contributed by atoms with Crippen molar-refractivity contribution in [3.63, 3.8) is 0 Å². The first-order valence-electron chi connectivity index (χ1n) is 3.40. The van der Waals surface area contributed by atoms with Gasteiger partial charge in [-0.1, -0.05) is 12.2 Å². The number of nitrogens with two attached hydrogens (primary N) is 1. The summed E-state index contributed by atoms with van der Waals surface area (Å²) in [5.74, 6) is 5.08. The Morgan fingerprint density at radius 1 is 1.46 bits per heavy atom. The highest BCUT2D eigenvalue weighted by Crippen LogP contribution is 2.11. The molecule has 1 rings (SSSR count). The minimum atomic E-state index is -0.470. The van der Waals surface area contributed by atoms with Gasteiger partial charge in [0.15, 0.2) is 0 Å². The summed E-state index contributed by atoms with van der Waals surface area (Å²) in [4.78, 5) is 10.2. The van der Waals surface area contributed by atoms with E-state index in [1.165, 1.54) is 12.1 Å². The van der Waals surface area contributed by atoms with Crippen LogP contribution >= 0.6 is 12.2 Å². The Labute approximate surface area is 79.7 Å². The number of hydrogen-bond donors (Lipinski definition) is 2. The van der Waals surface area contributed by atoms with Gasteiger partial charge in [-0.25, -0.2) is 5.84 Å². The number of nitrogens with one attached hydrogen (secondary N) is 1. The lowest BCUT2D eigenvalue weighted by atomic mass is 10.2. The van der Waals surface area contributed by atoms with Gasteiger partial charge in [0, 0.05) is 17.7 Å². The van der Waals surface area contributed by atoms with Gasteiger partial charge in [-0.3, -0.25) is 10.1 Å². The highest BCUT2D eigenvalue weighted by molar-refractivity contribution is 7.80. The second kappa shape index (κ2) is 3.92. The van der Waals surface area contributed by atoms with Gasteiger partial charge in [0.1, 0.15) is 4.99 Å². The smallest absolute Gasteiger partial charge is 0.269 e. The molecule has 0 unspecified atom stereocenters. The molecule has 0 atom stereocenters. The third-order valence-corrected chi connectivity index (χ3v) is 1.82. The average molecular weight is 197 g/mol. The Hall–Kier alpha value is -1.53. The van der Waals surface area contributed by atoms with Crippen molar-refractivity contribution in [2.75, 3.05) is 0 Å². The highest BCUT2D eigenvalue weighted by Gasteiger charge is 2.05. The van der Waals surface area contributed by atoms with Crippen molar-refractivity contribution in [2.45, 2.75) is 0 Å². The van der Waals surface area contributed by atoms with Crippen LogP contribution in [0, 0.1) is 10.1 Å². The van der Waals surface area contributed by atoms with Crippen LogP contribution in [0.15, 0.2) is 24.3 Å². The number of nitro benzene ring substituents is 1. The van der Waals surface area contributed by atoms with Crippen LogP contribution in [0.1, 0.15) is 5.56 Å². The number of non-ortho nitro benzene ring substituents is 1. The van der Waals surface area contributed by atoms with Gasteiger partial charge in [0.25, 0.3) is 5.69 Å². The Morgan fingerprint density at radius 3 is 2.38 bits per heavy atom. The minimum absolute atomic E-state index is 0.0311. The van der Waals surface area contributed by atoms with E-state index in [1.54, 1.807) is 12.1 Å². The van der Waals surface area contributed by atoms with Crippen molar-refractivity contribution in [3.05, 3.63) is 39.9 Å². The van der Waals surface area contributed by atoms with Crippen LogP contribution in [0.4, 0.5) is 5.69 Å². The maximum atomic E-state index is 10.3. The van der Waals surface area contributed by atoms with Gasteiger partial charge in [0.2, 0.25) is 0 Å². The van der Waals surface area contributed by atoms with E-state index >= 15 is 0 Å². The summed E-state index contributed by atoms with van der Waals surface area (Å²) in [5, 5.41) is 10.3. The molecule has 0 aliphatic carbocycles. The van der Waals surface area contributed by atoms with Crippen LogP contribution in [0.5, 0.6) is 0 Å². The van der Waals surface area contributed by atoms with Gasteiger partial charge in [0.05, 0.1) is 4.92 Å². The first kappa shape index (κ1) is 9.56. The zero-order valence-corrected chi connectivity index (χ0v) is 7.38. The summed E-state index contributed by atoms with van der Waals surface area (Å²) in [5.41, 5.74) is 2.98. The fraction of sp³-hybridized carbons (Fsp3) is 0.